The third kappa shape index (κ3) is 16.3. The quantitative estimate of drug-likeness (QED) is 0.0332. The molecule has 0 aromatic heterocycles. The lowest BCUT2D eigenvalue weighted by molar-refractivity contribution is 0.111. The zero-order chi connectivity index (χ0) is 60.8. The Labute approximate surface area is 522 Å². The molecule has 10 rings (SSSR count). The fourth-order valence-corrected chi connectivity index (χ4v) is 12.9. The van der Waals surface area contributed by atoms with Crippen LogP contribution in [0.1, 0.15) is 197 Å². The predicted octanol–water partition coefficient (Wildman–Crippen LogP) is 24.3. The molecule has 4 nitrogen and oxygen atoms in total. The van der Waals surface area contributed by atoms with Crippen molar-refractivity contribution in [3.05, 3.63) is 251 Å². The lowest BCUT2D eigenvalue weighted by Crippen LogP contribution is -2.25. The normalized spacial score (nSPS) is 12.0. The van der Waals surface area contributed by atoms with Crippen molar-refractivity contribution >= 4 is 46.7 Å². The van der Waals surface area contributed by atoms with Crippen molar-refractivity contribution in [3.8, 4) is 33.4 Å². The van der Waals surface area contributed by atoms with E-state index >= 15 is 0 Å². The highest BCUT2D eigenvalue weighted by molar-refractivity contribution is 5.86. The number of hydrogen-bond acceptors (Lipinski definition) is 4. The van der Waals surface area contributed by atoms with E-state index in [1.54, 1.807) is 5.56 Å². The van der Waals surface area contributed by atoms with Crippen LogP contribution in [-0.4, -0.2) is 12.6 Å². The van der Waals surface area contributed by atoms with Crippen molar-refractivity contribution in [3.63, 3.8) is 0 Å². The van der Waals surface area contributed by atoms with E-state index in [-0.39, 0.29) is 5.41 Å². The Hall–Kier alpha value is -8.08. The van der Waals surface area contributed by atoms with Crippen LogP contribution in [0.2, 0.25) is 0 Å². The minimum absolute atomic E-state index is 0.102. The molecule has 1 aliphatic rings. The first-order valence-corrected chi connectivity index (χ1v) is 33.1. The lowest BCUT2D eigenvalue weighted by atomic mass is 9.70. The van der Waals surface area contributed by atoms with E-state index in [1.807, 2.05) is 36.4 Å². The summed E-state index contributed by atoms with van der Waals surface area (Å²) < 4.78 is 0. The number of carbonyl (C=O) groups is 2. The molecule has 4 heteroatoms. The Bertz CT molecular complexity index is 3530. The summed E-state index contributed by atoms with van der Waals surface area (Å²) in [5.41, 5.74) is 24.2. The largest absolute Gasteiger partial charge is 0.311 e. The lowest BCUT2D eigenvalue weighted by Gasteiger charge is -2.33. The van der Waals surface area contributed by atoms with Crippen LogP contribution in [0.25, 0.3) is 33.4 Å². The first kappa shape index (κ1) is 63.4. The molecule has 0 heterocycles. The average Bonchev–Trinajstić information content (AvgIpc) is 1.62. The fraction of sp³-hybridized carbons (Fsp3) is 0.325. The van der Waals surface area contributed by atoms with Crippen LogP contribution < -0.4 is 9.80 Å². The predicted molar refractivity (Wildman–Crippen MR) is 373 cm³/mol. The Morgan fingerprint density at radius 2 is 0.621 bits per heavy atom. The highest BCUT2D eigenvalue weighted by atomic mass is 16.1. The fourth-order valence-electron chi connectivity index (χ4n) is 12.9. The number of carbonyl (C=O) groups excluding carboxylic acids is 2. The van der Waals surface area contributed by atoms with E-state index < -0.39 is 0 Å². The summed E-state index contributed by atoms with van der Waals surface area (Å²) in [4.78, 5) is 27.0. The SMILES string of the molecule is CCCCCCCCC1(CCCCCCCC)c2cc(C)ccc2-c2ccc(-c3ccc(C=O)cc3)cc21.CCCCc1ccc(N(c2ccc(C)cc2)c2ccc(N(c3ccc(CCCC)cc3)c3ccc(-c4ccc(C=O)cc4)cc3)cc2)cc1. The van der Waals surface area contributed by atoms with Crippen molar-refractivity contribution in [1.29, 1.82) is 0 Å². The van der Waals surface area contributed by atoms with Gasteiger partial charge in [-0.3, -0.25) is 9.59 Å². The molecule has 0 spiro atoms. The molecule has 0 aliphatic heterocycles. The van der Waals surface area contributed by atoms with Gasteiger partial charge in [0, 0.05) is 50.7 Å². The number of benzene rings is 9. The monoisotopic (exact) mass is 1150 g/mol. The van der Waals surface area contributed by atoms with Crippen LogP contribution in [-0.2, 0) is 18.3 Å². The van der Waals surface area contributed by atoms with Crippen LogP contribution in [0.15, 0.2) is 206 Å². The third-order valence-corrected chi connectivity index (χ3v) is 18.0. The Balaban J connectivity index is 0.000000214. The van der Waals surface area contributed by atoms with Gasteiger partial charge in [-0.1, -0.05) is 256 Å². The molecule has 1 aliphatic carbocycles. The summed E-state index contributed by atoms with van der Waals surface area (Å²) in [5, 5.41) is 0. The molecule has 448 valence electrons. The van der Waals surface area contributed by atoms with Crippen LogP contribution in [0.4, 0.5) is 34.1 Å². The number of fused-ring (bicyclic) bond motifs is 3. The minimum atomic E-state index is 0.102. The zero-order valence-electron chi connectivity index (χ0n) is 53.1. The second-order valence-electron chi connectivity index (χ2n) is 24.5. The van der Waals surface area contributed by atoms with Crippen molar-refractivity contribution in [2.24, 2.45) is 0 Å². The first-order chi connectivity index (χ1) is 42.7. The number of rotatable bonds is 30. The van der Waals surface area contributed by atoms with Gasteiger partial charge in [-0.25, -0.2) is 0 Å². The third-order valence-electron chi connectivity index (χ3n) is 18.0. The van der Waals surface area contributed by atoms with Crippen molar-refractivity contribution in [1.82, 2.24) is 0 Å². The van der Waals surface area contributed by atoms with Gasteiger partial charge in [0.05, 0.1) is 0 Å². The van der Waals surface area contributed by atoms with Gasteiger partial charge in [0.1, 0.15) is 12.6 Å². The number of hydrogen-bond donors (Lipinski definition) is 0. The molecule has 0 N–H and O–H groups in total. The van der Waals surface area contributed by atoms with E-state index in [9.17, 15) is 9.59 Å². The van der Waals surface area contributed by atoms with Gasteiger partial charge >= 0.3 is 0 Å². The van der Waals surface area contributed by atoms with E-state index in [1.165, 1.54) is 166 Å². The molecule has 0 amide bonds. The second-order valence-corrected chi connectivity index (χ2v) is 24.5. The number of aryl methyl sites for hydroxylation is 4. The number of unbranched alkanes of at least 4 members (excludes halogenated alkanes) is 12. The smallest absolute Gasteiger partial charge is 0.150 e. The van der Waals surface area contributed by atoms with Crippen LogP contribution in [0.5, 0.6) is 0 Å². The summed E-state index contributed by atoms with van der Waals surface area (Å²) in [6, 6.07) is 74.5. The highest BCUT2D eigenvalue weighted by Crippen LogP contribution is 2.55. The summed E-state index contributed by atoms with van der Waals surface area (Å²) in [7, 11) is 0. The molecule has 0 saturated carbocycles. The molecule has 0 radical (unpaired) electrons. The molecule has 9 aromatic rings. The summed E-state index contributed by atoms with van der Waals surface area (Å²) in [6.07, 6.45) is 27.3. The van der Waals surface area contributed by atoms with Gasteiger partial charge in [0.2, 0.25) is 0 Å². The Morgan fingerprint density at radius 1 is 0.310 bits per heavy atom. The van der Waals surface area contributed by atoms with Gasteiger partial charge in [-0.2, -0.15) is 0 Å². The summed E-state index contributed by atoms with van der Waals surface area (Å²) >= 11 is 0. The van der Waals surface area contributed by atoms with Crippen LogP contribution in [0, 0.1) is 13.8 Å². The molecule has 0 saturated heterocycles. The molecule has 9 aromatic carbocycles. The minimum Gasteiger partial charge on any atom is -0.311 e. The van der Waals surface area contributed by atoms with Crippen LogP contribution >= 0.6 is 0 Å². The van der Waals surface area contributed by atoms with Crippen molar-refractivity contribution in [2.75, 3.05) is 9.80 Å². The maximum absolute atomic E-state index is 11.2. The Kier molecular flexibility index (Phi) is 23.4. The van der Waals surface area contributed by atoms with E-state index in [4.69, 9.17) is 0 Å². The van der Waals surface area contributed by atoms with E-state index in [2.05, 4.69) is 221 Å². The van der Waals surface area contributed by atoms with Gasteiger partial charge in [0.25, 0.3) is 0 Å². The number of anilines is 6. The van der Waals surface area contributed by atoms with E-state index in [0.717, 1.165) is 76.2 Å². The van der Waals surface area contributed by atoms with E-state index in [0.29, 0.717) is 5.56 Å². The molecule has 0 fully saturated rings. The molecule has 87 heavy (non-hydrogen) atoms. The number of nitrogens with zero attached hydrogens (tertiary/aromatic N) is 2. The van der Waals surface area contributed by atoms with Crippen molar-refractivity contribution < 1.29 is 9.59 Å². The topological polar surface area (TPSA) is 40.6 Å². The molecule has 0 atom stereocenters. The number of aldehydes is 2. The first-order valence-electron chi connectivity index (χ1n) is 33.1. The van der Waals surface area contributed by atoms with Crippen molar-refractivity contribution in [2.45, 2.75) is 175 Å². The van der Waals surface area contributed by atoms with Gasteiger partial charge < -0.3 is 9.80 Å². The standard InChI is InChI=1S/C46H46N2O.C37H48O/c1-4-6-8-36-14-24-42(25-15-36)47(41-22-10-35(3)11-23-41)45-30-32-46(33-31-45)48(43-26-16-37(17-27-43)9-7-5-2)44-28-20-40(21-29-44)39-18-12-38(34-49)13-19-39;1-4-6-8-10-12-14-24-37(25-15-13-11-9-7-5-2)35-26-29(3)16-22-33(35)34-23-21-32(27-36(34)37)31-19-17-30(28-38)18-20-31/h10-34H,4-9H2,1-3H3;16-23,26-28H,4-15,24-25H2,1-3H3. The van der Waals surface area contributed by atoms with Gasteiger partial charge in [-0.15, -0.1) is 0 Å². The maximum Gasteiger partial charge on any atom is 0.150 e. The molecular weight excluding hydrogens is 1060 g/mol. The Morgan fingerprint density at radius 3 is 1.03 bits per heavy atom. The second kappa shape index (κ2) is 32.1. The average molecular weight is 1150 g/mol. The van der Waals surface area contributed by atoms with Gasteiger partial charge in [0.15, 0.2) is 0 Å². The van der Waals surface area contributed by atoms with Gasteiger partial charge in [-0.05, 0) is 187 Å². The maximum atomic E-state index is 11.2. The summed E-state index contributed by atoms with van der Waals surface area (Å²) in [6.45, 7) is 13.5. The zero-order valence-corrected chi connectivity index (χ0v) is 53.1. The summed E-state index contributed by atoms with van der Waals surface area (Å²) in [5.74, 6) is 0. The molecule has 0 bridgehead atoms. The molecule has 0 unspecified atom stereocenters. The highest BCUT2D eigenvalue weighted by Gasteiger charge is 2.42. The van der Waals surface area contributed by atoms with Crippen LogP contribution in [0.3, 0.4) is 0 Å². The molecular formula is C83H94N2O2.